The molecule has 0 bridgehead atoms. The average Bonchev–Trinajstić information content (AvgIpc) is 2.31. The molecule has 0 amide bonds. The van der Waals surface area contributed by atoms with Crippen molar-refractivity contribution in [1.82, 2.24) is 15.3 Å². The van der Waals surface area contributed by atoms with Crippen LogP contribution in [0.5, 0.6) is 0 Å². The van der Waals surface area contributed by atoms with Crippen LogP contribution in [0.25, 0.3) is 0 Å². The van der Waals surface area contributed by atoms with Crippen LogP contribution in [0.15, 0.2) is 18.7 Å². The summed E-state index contributed by atoms with van der Waals surface area (Å²) < 4.78 is 5.27. The lowest BCUT2D eigenvalue weighted by molar-refractivity contribution is 0.0675. The first-order valence-electron chi connectivity index (χ1n) is 4.95. The molecule has 0 spiro atoms. The topological polar surface area (TPSA) is 64.1 Å². The van der Waals surface area contributed by atoms with Gasteiger partial charge in [-0.2, -0.15) is 0 Å². The highest BCUT2D eigenvalue weighted by Gasteiger charge is 2.17. The first kappa shape index (κ1) is 10.2. The van der Waals surface area contributed by atoms with Gasteiger partial charge in [-0.25, -0.2) is 9.97 Å². The minimum Gasteiger partial charge on any atom is -0.378 e. The zero-order valence-corrected chi connectivity index (χ0v) is 8.35. The van der Waals surface area contributed by atoms with Crippen LogP contribution < -0.4 is 5.32 Å². The summed E-state index contributed by atoms with van der Waals surface area (Å²) in [7, 11) is 0. The SMILES string of the molecule is O=C(CC1COCCN1)c1cncnc1. The maximum absolute atomic E-state index is 11.7. The summed E-state index contributed by atoms with van der Waals surface area (Å²) in [6.07, 6.45) is 4.93. The molecule has 80 valence electrons. The number of morpholine rings is 1. The number of rotatable bonds is 3. The van der Waals surface area contributed by atoms with Gasteiger partial charge in [0.05, 0.1) is 18.8 Å². The number of nitrogens with zero attached hydrogens (tertiary/aromatic N) is 2. The molecule has 1 fully saturated rings. The predicted octanol–water partition coefficient (Wildman–Crippen LogP) is 0.0378. The van der Waals surface area contributed by atoms with Crippen molar-refractivity contribution in [3.63, 3.8) is 0 Å². The van der Waals surface area contributed by atoms with E-state index in [1.165, 1.54) is 6.33 Å². The summed E-state index contributed by atoms with van der Waals surface area (Å²) in [4.78, 5) is 19.4. The van der Waals surface area contributed by atoms with Crippen LogP contribution in [0, 0.1) is 0 Å². The third-order valence-electron chi connectivity index (χ3n) is 2.31. The monoisotopic (exact) mass is 207 g/mol. The van der Waals surface area contributed by atoms with Crippen LogP contribution in [0.2, 0.25) is 0 Å². The van der Waals surface area contributed by atoms with Gasteiger partial charge in [-0.1, -0.05) is 0 Å². The average molecular weight is 207 g/mol. The number of hydrogen-bond acceptors (Lipinski definition) is 5. The number of carbonyl (C=O) groups is 1. The predicted molar refractivity (Wildman–Crippen MR) is 53.6 cm³/mol. The molecule has 0 aromatic carbocycles. The molecule has 1 aliphatic heterocycles. The molecule has 0 aliphatic carbocycles. The molecule has 1 unspecified atom stereocenters. The van der Waals surface area contributed by atoms with Crippen molar-refractivity contribution in [2.75, 3.05) is 19.8 Å². The molecule has 2 rings (SSSR count). The van der Waals surface area contributed by atoms with Gasteiger partial charge in [0.2, 0.25) is 0 Å². The first-order valence-corrected chi connectivity index (χ1v) is 4.95. The van der Waals surface area contributed by atoms with Crippen LogP contribution in [-0.2, 0) is 4.74 Å². The van der Waals surface area contributed by atoms with Crippen LogP contribution in [0.3, 0.4) is 0 Å². The summed E-state index contributed by atoms with van der Waals surface area (Å²) in [6.45, 7) is 2.13. The molecule has 1 saturated heterocycles. The number of hydrogen-bond donors (Lipinski definition) is 1. The fourth-order valence-corrected chi connectivity index (χ4v) is 1.54. The highest BCUT2D eigenvalue weighted by Crippen LogP contribution is 2.05. The molecule has 1 aliphatic rings. The highest BCUT2D eigenvalue weighted by molar-refractivity contribution is 5.95. The number of nitrogens with one attached hydrogen (secondary N) is 1. The number of ketones is 1. The maximum Gasteiger partial charge on any atom is 0.167 e. The Hall–Kier alpha value is -1.33. The third-order valence-corrected chi connectivity index (χ3v) is 2.31. The van der Waals surface area contributed by atoms with Crippen molar-refractivity contribution >= 4 is 5.78 Å². The molecule has 1 aromatic rings. The van der Waals surface area contributed by atoms with E-state index >= 15 is 0 Å². The molecule has 0 radical (unpaired) electrons. The van der Waals surface area contributed by atoms with Crippen LogP contribution in [0.4, 0.5) is 0 Å². The van der Waals surface area contributed by atoms with Gasteiger partial charge < -0.3 is 10.1 Å². The van der Waals surface area contributed by atoms with Crippen molar-refractivity contribution in [2.45, 2.75) is 12.5 Å². The molecule has 5 nitrogen and oxygen atoms in total. The van der Waals surface area contributed by atoms with Gasteiger partial charge in [-0.15, -0.1) is 0 Å². The summed E-state index contributed by atoms with van der Waals surface area (Å²) in [5.41, 5.74) is 0.560. The molecule has 0 saturated carbocycles. The van der Waals surface area contributed by atoms with Crippen molar-refractivity contribution < 1.29 is 9.53 Å². The summed E-state index contributed by atoms with van der Waals surface area (Å²) >= 11 is 0. The fourth-order valence-electron chi connectivity index (χ4n) is 1.54. The minimum atomic E-state index is 0.0543. The van der Waals surface area contributed by atoms with E-state index < -0.39 is 0 Å². The number of Topliss-reactive ketones (excluding diaryl/α,β-unsaturated/α-hetero) is 1. The van der Waals surface area contributed by atoms with Crippen molar-refractivity contribution in [2.24, 2.45) is 0 Å². The van der Waals surface area contributed by atoms with Gasteiger partial charge in [-0.05, 0) is 0 Å². The normalized spacial score (nSPS) is 21.2. The van der Waals surface area contributed by atoms with E-state index in [-0.39, 0.29) is 11.8 Å². The standard InChI is InChI=1S/C10H13N3O2/c14-10(8-4-11-7-12-5-8)3-9-6-15-2-1-13-9/h4-5,7,9,13H,1-3,6H2. The van der Waals surface area contributed by atoms with Gasteiger partial charge in [0.15, 0.2) is 5.78 Å². The Morgan fingerprint density at radius 2 is 2.33 bits per heavy atom. The number of aromatic nitrogens is 2. The third kappa shape index (κ3) is 2.81. The highest BCUT2D eigenvalue weighted by atomic mass is 16.5. The maximum atomic E-state index is 11.7. The lowest BCUT2D eigenvalue weighted by Gasteiger charge is -2.22. The Kier molecular flexibility index (Phi) is 3.37. The second-order valence-electron chi connectivity index (χ2n) is 3.48. The van der Waals surface area contributed by atoms with E-state index in [0.717, 1.165) is 13.2 Å². The van der Waals surface area contributed by atoms with Gasteiger partial charge in [0.25, 0.3) is 0 Å². The van der Waals surface area contributed by atoms with Gasteiger partial charge >= 0.3 is 0 Å². The Morgan fingerprint density at radius 1 is 1.53 bits per heavy atom. The quantitative estimate of drug-likeness (QED) is 0.709. The summed E-state index contributed by atoms with van der Waals surface area (Å²) in [5.74, 6) is 0.0543. The minimum absolute atomic E-state index is 0.0543. The van der Waals surface area contributed by atoms with Crippen molar-refractivity contribution in [3.8, 4) is 0 Å². The molecule has 5 heteroatoms. The Bertz CT molecular complexity index is 323. The van der Waals surface area contributed by atoms with Gasteiger partial charge in [0.1, 0.15) is 6.33 Å². The van der Waals surface area contributed by atoms with E-state index in [4.69, 9.17) is 4.74 Å². The lowest BCUT2D eigenvalue weighted by atomic mass is 10.1. The second-order valence-corrected chi connectivity index (χ2v) is 3.48. The number of carbonyl (C=O) groups excluding carboxylic acids is 1. The van der Waals surface area contributed by atoms with Crippen LogP contribution >= 0.6 is 0 Å². The Balaban J connectivity index is 1.91. The fraction of sp³-hybridized carbons (Fsp3) is 0.500. The molecule has 1 aromatic heterocycles. The zero-order chi connectivity index (χ0) is 10.5. The van der Waals surface area contributed by atoms with Gasteiger partial charge in [-0.3, -0.25) is 4.79 Å². The first-order chi connectivity index (χ1) is 7.36. The molecule has 1 atom stereocenters. The molecule has 2 heterocycles. The van der Waals surface area contributed by atoms with E-state index in [1.807, 2.05) is 0 Å². The van der Waals surface area contributed by atoms with E-state index in [2.05, 4.69) is 15.3 Å². The summed E-state index contributed by atoms with van der Waals surface area (Å²) in [5, 5.41) is 3.23. The Morgan fingerprint density at radius 3 is 3.00 bits per heavy atom. The molecular weight excluding hydrogens is 194 g/mol. The Labute approximate surface area is 87.9 Å². The van der Waals surface area contributed by atoms with Crippen LogP contribution in [0.1, 0.15) is 16.8 Å². The summed E-state index contributed by atoms with van der Waals surface area (Å²) in [6, 6.07) is 0.117. The smallest absolute Gasteiger partial charge is 0.167 e. The zero-order valence-electron chi connectivity index (χ0n) is 8.35. The largest absolute Gasteiger partial charge is 0.378 e. The van der Waals surface area contributed by atoms with E-state index in [0.29, 0.717) is 18.6 Å². The van der Waals surface area contributed by atoms with E-state index in [1.54, 1.807) is 12.4 Å². The van der Waals surface area contributed by atoms with Crippen molar-refractivity contribution in [1.29, 1.82) is 0 Å². The molecule has 1 N–H and O–H groups in total. The molecule has 15 heavy (non-hydrogen) atoms. The van der Waals surface area contributed by atoms with Crippen molar-refractivity contribution in [3.05, 3.63) is 24.3 Å². The van der Waals surface area contributed by atoms with Gasteiger partial charge in [0, 0.05) is 31.4 Å². The lowest BCUT2D eigenvalue weighted by Crippen LogP contribution is -2.42. The van der Waals surface area contributed by atoms with Crippen LogP contribution in [-0.4, -0.2) is 41.6 Å². The number of ether oxygens (including phenoxy) is 1. The van der Waals surface area contributed by atoms with E-state index in [9.17, 15) is 4.79 Å². The second kappa shape index (κ2) is 4.95. The molecular formula is C10H13N3O2.